The van der Waals surface area contributed by atoms with Crippen LogP contribution < -0.4 is 10.1 Å². The van der Waals surface area contributed by atoms with Crippen molar-refractivity contribution in [2.45, 2.75) is 6.42 Å². The van der Waals surface area contributed by atoms with Crippen molar-refractivity contribution in [3.05, 3.63) is 27.7 Å². The minimum absolute atomic E-state index is 0.0667. The molecule has 1 heterocycles. The highest BCUT2D eigenvalue weighted by Gasteiger charge is 2.21. The van der Waals surface area contributed by atoms with Gasteiger partial charge in [0.05, 0.1) is 18.8 Å². The summed E-state index contributed by atoms with van der Waals surface area (Å²) in [6.45, 7) is 0.801. The van der Waals surface area contributed by atoms with E-state index in [2.05, 4.69) is 21.2 Å². The molecule has 1 aliphatic heterocycles. The molecule has 0 aromatic heterocycles. The van der Waals surface area contributed by atoms with Crippen LogP contribution in [0.5, 0.6) is 5.75 Å². The average molecular weight is 286 g/mol. The summed E-state index contributed by atoms with van der Waals surface area (Å²) >= 11 is 3.37. The maximum atomic E-state index is 11.8. The van der Waals surface area contributed by atoms with E-state index in [9.17, 15) is 4.79 Å². The highest BCUT2D eigenvalue weighted by Crippen LogP contribution is 2.32. The number of carbonyl (C=O) groups is 1. The van der Waals surface area contributed by atoms with E-state index in [1.165, 1.54) is 0 Å². The summed E-state index contributed by atoms with van der Waals surface area (Å²) in [5.74, 6) is 0.451. The molecule has 16 heavy (non-hydrogen) atoms. The summed E-state index contributed by atoms with van der Waals surface area (Å²) < 4.78 is 6.31. The zero-order chi connectivity index (χ0) is 11.5. The Morgan fingerprint density at radius 1 is 1.56 bits per heavy atom. The zero-order valence-electron chi connectivity index (χ0n) is 8.62. The van der Waals surface area contributed by atoms with E-state index < -0.39 is 0 Å². The van der Waals surface area contributed by atoms with Crippen molar-refractivity contribution in [1.29, 1.82) is 0 Å². The van der Waals surface area contributed by atoms with Gasteiger partial charge in [0.1, 0.15) is 5.75 Å². The second kappa shape index (κ2) is 4.84. The van der Waals surface area contributed by atoms with E-state index in [1.54, 1.807) is 6.07 Å². The van der Waals surface area contributed by atoms with Gasteiger partial charge in [0.15, 0.2) is 0 Å². The number of ether oxygens (including phenoxy) is 1. The summed E-state index contributed by atoms with van der Waals surface area (Å²) in [5, 5.41) is 11.3. The number of hydrogen-bond donors (Lipinski definition) is 2. The number of nitrogens with one attached hydrogen (secondary N) is 1. The second-order valence-corrected chi connectivity index (χ2v) is 4.44. The summed E-state index contributed by atoms with van der Waals surface area (Å²) in [6, 6.07) is 3.70. The van der Waals surface area contributed by atoms with Crippen molar-refractivity contribution in [3.63, 3.8) is 0 Å². The van der Waals surface area contributed by atoms with Crippen molar-refractivity contribution in [2.24, 2.45) is 0 Å². The Labute approximate surface area is 102 Å². The first-order chi connectivity index (χ1) is 7.72. The maximum Gasteiger partial charge on any atom is 0.255 e. The zero-order valence-corrected chi connectivity index (χ0v) is 10.2. The number of aliphatic hydroxyl groups is 1. The van der Waals surface area contributed by atoms with Crippen LogP contribution in [0.25, 0.3) is 0 Å². The number of carbonyl (C=O) groups excluding carboxylic acids is 1. The number of aliphatic hydroxyl groups excluding tert-OH is 1. The molecule has 5 heteroatoms. The van der Waals surface area contributed by atoms with Crippen LogP contribution in [0.2, 0.25) is 0 Å². The maximum absolute atomic E-state index is 11.8. The Morgan fingerprint density at radius 2 is 2.38 bits per heavy atom. The lowest BCUT2D eigenvalue weighted by Crippen LogP contribution is -2.26. The number of benzene rings is 1. The Hall–Kier alpha value is -1.07. The second-order valence-electron chi connectivity index (χ2n) is 3.52. The fourth-order valence-electron chi connectivity index (χ4n) is 1.70. The van der Waals surface area contributed by atoms with Gasteiger partial charge in [0.25, 0.3) is 5.91 Å². The van der Waals surface area contributed by atoms with Gasteiger partial charge in [-0.2, -0.15) is 0 Å². The molecular weight excluding hydrogens is 274 g/mol. The summed E-state index contributed by atoms with van der Waals surface area (Å²) in [6.07, 6.45) is 0.828. The fourth-order valence-corrected chi connectivity index (χ4v) is 2.21. The molecule has 2 N–H and O–H groups in total. The Bertz CT molecular complexity index is 420. The van der Waals surface area contributed by atoms with Gasteiger partial charge in [-0.05, 0) is 17.7 Å². The molecule has 0 saturated heterocycles. The van der Waals surface area contributed by atoms with Crippen LogP contribution in [-0.2, 0) is 6.42 Å². The molecule has 0 radical (unpaired) electrons. The number of rotatable bonds is 3. The number of halogens is 1. The molecule has 0 spiro atoms. The van der Waals surface area contributed by atoms with Gasteiger partial charge in [-0.25, -0.2) is 0 Å². The first-order valence-electron chi connectivity index (χ1n) is 5.06. The van der Waals surface area contributed by atoms with E-state index >= 15 is 0 Å². The van der Waals surface area contributed by atoms with Crippen LogP contribution in [0.15, 0.2) is 16.6 Å². The number of amides is 1. The summed E-state index contributed by atoms with van der Waals surface area (Å²) in [5.41, 5.74) is 1.57. The smallest absolute Gasteiger partial charge is 0.255 e. The molecule has 0 aliphatic carbocycles. The van der Waals surface area contributed by atoms with Crippen LogP contribution >= 0.6 is 15.9 Å². The molecule has 2 rings (SSSR count). The molecular formula is C11H12BrNO3. The van der Waals surface area contributed by atoms with Gasteiger partial charge in [-0.15, -0.1) is 0 Å². The molecule has 1 aliphatic rings. The Kier molecular flexibility index (Phi) is 3.46. The highest BCUT2D eigenvalue weighted by atomic mass is 79.9. The number of hydrogen-bond acceptors (Lipinski definition) is 3. The third kappa shape index (κ3) is 2.20. The first-order valence-corrected chi connectivity index (χ1v) is 5.86. The first kappa shape index (κ1) is 11.4. The molecule has 4 nitrogen and oxygen atoms in total. The van der Waals surface area contributed by atoms with Gasteiger partial charge in [0.2, 0.25) is 0 Å². The van der Waals surface area contributed by atoms with Crippen LogP contribution in [0, 0.1) is 0 Å². The normalized spacial score (nSPS) is 13.1. The predicted octanol–water partition coefficient (Wildman–Crippen LogP) is 1.11. The topological polar surface area (TPSA) is 58.6 Å². The molecule has 0 unspecified atom stereocenters. The van der Waals surface area contributed by atoms with Gasteiger partial charge in [-0.1, -0.05) is 15.9 Å². The van der Waals surface area contributed by atoms with Crippen LogP contribution in [0.3, 0.4) is 0 Å². The van der Waals surface area contributed by atoms with Crippen LogP contribution in [0.4, 0.5) is 0 Å². The SMILES string of the molecule is O=C(NCCO)c1cc(Br)cc2c1OCC2. The van der Waals surface area contributed by atoms with E-state index in [1.807, 2.05) is 6.07 Å². The molecule has 0 atom stereocenters. The average Bonchev–Trinajstić information content (AvgIpc) is 2.72. The van der Waals surface area contributed by atoms with E-state index in [4.69, 9.17) is 9.84 Å². The predicted molar refractivity (Wildman–Crippen MR) is 62.8 cm³/mol. The van der Waals surface area contributed by atoms with Crippen molar-refractivity contribution < 1.29 is 14.6 Å². The molecule has 1 amide bonds. The minimum Gasteiger partial charge on any atom is -0.492 e. The summed E-state index contributed by atoms with van der Waals surface area (Å²) in [4.78, 5) is 11.8. The third-order valence-corrected chi connectivity index (χ3v) is 2.85. The summed E-state index contributed by atoms with van der Waals surface area (Å²) in [7, 11) is 0. The lowest BCUT2D eigenvalue weighted by molar-refractivity contribution is 0.0941. The molecule has 0 bridgehead atoms. The van der Waals surface area contributed by atoms with E-state index in [-0.39, 0.29) is 19.1 Å². The van der Waals surface area contributed by atoms with Crippen LogP contribution in [0.1, 0.15) is 15.9 Å². The lowest BCUT2D eigenvalue weighted by atomic mass is 10.1. The highest BCUT2D eigenvalue weighted by molar-refractivity contribution is 9.10. The standard InChI is InChI=1S/C11H12BrNO3/c12-8-5-7-1-4-16-10(7)9(6-8)11(15)13-2-3-14/h5-6,14H,1-4H2,(H,13,15). The molecule has 0 saturated carbocycles. The molecule has 1 aromatic carbocycles. The van der Waals surface area contributed by atoms with Crippen molar-refractivity contribution in [2.75, 3.05) is 19.8 Å². The molecule has 0 fully saturated rings. The number of fused-ring (bicyclic) bond motifs is 1. The van der Waals surface area contributed by atoms with Gasteiger partial charge in [-0.3, -0.25) is 4.79 Å². The molecule has 1 aromatic rings. The van der Waals surface area contributed by atoms with E-state index in [0.29, 0.717) is 17.9 Å². The third-order valence-electron chi connectivity index (χ3n) is 2.39. The van der Waals surface area contributed by atoms with Gasteiger partial charge >= 0.3 is 0 Å². The lowest BCUT2D eigenvalue weighted by Gasteiger charge is -2.08. The van der Waals surface area contributed by atoms with Crippen molar-refractivity contribution in [1.82, 2.24) is 5.32 Å². The van der Waals surface area contributed by atoms with Gasteiger partial charge < -0.3 is 15.2 Å². The van der Waals surface area contributed by atoms with Crippen LogP contribution in [-0.4, -0.2) is 30.8 Å². The van der Waals surface area contributed by atoms with Crippen molar-refractivity contribution in [3.8, 4) is 5.75 Å². The molecule has 86 valence electrons. The minimum atomic E-state index is -0.214. The van der Waals surface area contributed by atoms with Crippen molar-refractivity contribution >= 4 is 21.8 Å². The van der Waals surface area contributed by atoms with Gasteiger partial charge in [0, 0.05) is 17.4 Å². The quantitative estimate of drug-likeness (QED) is 0.875. The Balaban J connectivity index is 2.29. The van der Waals surface area contributed by atoms with E-state index in [0.717, 1.165) is 16.5 Å². The Morgan fingerprint density at radius 3 is 3.12 bits per heavy atom. The fraction of sp³-hybridized carbons (Fsp3) is 0.364. The largest absolute Gasteiger partial charge is 0.492 e. The monoisotopic (exact) mass is 285 g/mol.